The van der Waals surface area contributed by atoms with Crippen molar-refractivity contribution >= 4 is 5.91 Å². The van der Waals surface area contributed by atoms with Gasteiger partial charge in [-0.15, -0.1) is 0 Å². The lowest BCUT2D eigenvalue weighted by molar-refractivity contribution is 0.0519. The summed E-state index contributed by atoms with van der Waals surface area (Å²) in [6.07, 6.45) is 4.91. The molecule has 1 amide bonds. The first kappa shape index (κ1) is 13.8. The zero-order valence-corrected chi connectivity index (χ0v) is 12.8. The van der Waals surface area contributed by atoms with E-state index >= 15 is 0 Å². The molecule has 116 valence electrons. The molecule has 0 atom stereocenters. The summed E-state index contributed by atoms with van der Waals surface area (Å²) in [7, 11) is 0. The average Bonchev–Trinajstić information content (AvgIpc) is 3.17. The molecule has 4 rings (SSSR count). The second-order valence-electron chi connectivity index (χ2n) is 5.84. The van der Waals surface area contributed by atoms with Gasteiger partial charge in [0.2, 0.25) is 0 Å². The Hall–Kier alpha value is -2.82. The molecule has 5 nitrogen and oxygen atoms in total. The molecule has 1 aliphatic rings. The first-order valence-corrected chi connectivity index (χ1v) is 7.65. The molecule has 0 N–H and O–H groups in total. The largest absolute Gasteiger partial charge is 0.472 e. The number of benzene rings is 1. The number of imidazole rings is 1. The van der Waals surface area contributed by atoms with E-state index in [1.54, 1.807) is 6.07 Å². The van der Waals surface area contributed by atoms with Crippen LogP contribution in [-0.4, -0.2) is 33.4 Å². The monoisotopic (exact) mass is 307 g/mol. The number of nitrogens with zero attached hydrogens (tertiary/aromatic N) is 3. The molecule has 0 saturated carbocycles. The lowest BCUT2D eigenvalue weighted by Gasteiger charge is -2.41. The van der Waals surface area contributed by atoms with E-state index in [-0.39, 0.29) is 11.9 Å². The smallest absolute Gasteiger partial charge is 0.257 e. The Morgan fingerprint density at radius 2 is 2.00 bits per heavy atom. The summed E-state index contributed by atoms with van der Waals surface area (Å²) in [5.74, 6) is 0.984. The van der Waals surface area contributed by atoms with E-state index in [9.17, 15) is 4.79 Å². The van der Waals surface area contributed by atoms with Crippen molar-refractivity contribution in [1.29, 1.82) is 0 Å². The number of likely N-dealkylation sites (tertiary alicyclic amines) is 1. The van der Waals surface area contributed by atoms with Gasteiger partial charge in [0.25, 0.3) is 5.91 Å². The van der Waals surface area contributed by atoms with Crippen molar-refractivity contribution in [2.24, 2.45) is 0 Å². The topological polar surface area (TPSA) is 51.3 Å². The van der Waals surface area contributed by atoms with Gasteiger partial charge in [-0.25, -0.2) is 4.98 Å². The Morgan fingerprint density at radius 1 is 1.22 bits per heavy atom. The van der Waals surface area contributed by atoms with Gasteiger partial charge in [0.15, 0.2) is 0 Å². The van der Waals surface area contributed by atoms with Crippen LogP contribution in [0.1, 0.15) is 22.1 Å². The molecular weight excluding hydrogens is 290 g/mol. The minimum Gasteiger partial charge on any atom is -0.472 e. The summed E-state index contributed by atoms with van der Waals surface area (Å²) in [5, 5.41) is 0. The zero-order valence-electron chi connectivity index (χ0n) is 12.8. The van der Waals surface area contributed by atoms with Crippen LogP contribution < -0.4 is 0 Å². The van der Waals surface area contributed by atoms with Crippen molar-refractivity contribution in [3.05, 3.63) is 66.4 Å². The van der Waals surface area contributed by atoms with Crippen LogP contribution >= 0.6 is 0 Å². The van der Waals surface area contributed by atoms with Gasteiger partial charge >= 0.3 is 0 Å². The van der Waals surface area contributed by atoms with E-state index in [1.165, 1.54) is 12.5 Å². The standard InChI is InChI=1S/C18H17N3O2/c1-13-9-19-17(14-5-3-2-4-6-14)21(13)16-10-20(11-16)18(22)15-7-8-23-12-15/h2-9,12,16H,10-11H2,1H3. The second-order valence-corrected chi connectivity index (χ2v) is 5.84. The van der Waals surface area contributed by atoms with Crippen LogP contribution in [0.15, 0.2) is 59.5 Å². The molecule has 3 heterocycles. The minimum atomic E-state index is 0.0222. The molecular formula is C18H17N3O2. The summed E-state index contributed by atoms with van der Waals surface area (Å²) in [6.45, 7) is 3.45. The summed E-state index contributed by atoms with van der Waals surface area (Å²) in [5.41, 5.74) is 2.82. The van der Waals surface area contributed by atoms with Crippen molar-refractivity contribution in [2.45, 2.75) is 13.0 Å². The first-order valence-electron chi connectivity index (χ1n) is 7.65. The number of aromatic nitrogens is 2. The molecule has 0 radical (unpaired) electrons. The van der Waals surface area contributed by atoms with E-state index in [0.29, 0.717) is 18.7 Å². The maximum atomic E-state index is 12.3. The van der Waals surface area contributed by atoms with E-state index in [2.05, 4.69) is 28.6 Å². The number of hydrogen-bond acceptors (Lipinski definition) is 3. The number of furan rings is 1. The summed E-state index contributed by atoms with van der Waals surface area (Å²) in [4.78, 5) is 18.7. The normalized spacial score (nSPS) is 14.7. The predicted octanol–water partition coefficient (Wildman–Crippen LogP) is 3.15. The van der Waals surface area contributed by atoms with Gasteiger partial charge in [0, 0.05) is 30.5 Å². The van der Waals surface area contributed by atoms with Crippen LogP contribution in [-0.2, 0) is 0 Å². The van der Waals surface area contributed by atoms with Crippen LogP contribution in [0.3, 0.4) is 0 Å². The molecule has 1 aliphatic heterocycles. The van der Waals surface area contributed by atoms with Gasteiger partial charge in [0.1, 0.15) is 12.1 Å². The highest BCUT2D eigenvalue weighted by atomic mass is 16.3. The van der Waals surface area contributed by atoms with Crippen LogP contribution in [0, 0.1) is 6.92 Å². The highest BCUT2D eigenvalue weighted by Crippen LogP contribution is 2.30. The molecule has 0 aliphatic carbocycles. The van der Waals surface area contributed by atoms with E-state index in [0.717, 1.165) is 17.1 Å². The van der Waals surface area contributed by atoms with Gasteiger partial charge in [-0.2, -0.15) is 0 Å². The molecule has 0 unspecified atom stereocenters. The minimum absolute atomic E-state index is 0.0222. The second kappa shape index (κ2) is 5.43. The molecule has 1 saturated heterocycles. The fourth-order valence-electron chi connectivity index (χ4n) is 3.06. The fourth-order valence-corrected chi connectivity index (χ4v) is 3.06. The average molecular weight is 307 g/mol. The van der Waals surface area contributed by atoms with Crippen molar-refractivity contribution < 1.29 is 9.21 Å². The highest BCUT2D eigenvalue weighted by Gasteiger charge is 2.34. The van der Waals surface area contributed by atoms with Gasteiger partial charge in [-0.1, -0.05) is 30.3 Å². The number of amides is 1. The number of aryl methyl sites for hydroxylation is 1. The third-order valence-corrected chi connectivity index (χ3v) is 4.30. The Balaban J connectivity index is 1.55. The van der Waals surface area contributed by atoms with Crippen molar-refractivity contribution in [1.82, 2.24) is 14.5 Å². The van der Waals surface area contributed by atoms with E-state index < -0.39 is 0 Å². The van der Waals surface area contributed by atoms with Crippen molar-refractivity contribution in [3.63, 3.8) is 0 Å². The first-order chi connectivity index (χ1) is 11.2. The quantitative estimate of drug-likeness (QED) is 0.747. The molecule has 1 fully saturated rings. The number of carbonyl (C=O) groups excluding carboxylic acids is 1. The van der Waals surface area contributed by atoms with Gasteiger partial charge in [-0.05, 0) is 13.0 Å². The molecule has 0 spiro atoms. The Kier molecular flexibility index (Phi) is 3.26. The maximum absolute atomic E-state index is 12.3. The van der Waals surface area contributed by atoms with Crippen LogP contribution in [0.25, 0.3) is 11.4 Å². The zero-order chi connectivity index (χ0) is 15.8. The van der Waals surface area contributed by atoms with E-state index in [4.69, 9.17) is 4.42 Å². The number of hydrogen-bond donors (Lipinski definition) is 0. The third-order valence-electron chi connectivity index (χ3n) is 4.30. The van der Waals surface area contributed by atoms with Crippen molar-refractivity contribution in [3.8, 4) is 11.4 Å². The van der Waals surface area contributed by atoms with Gasteiger partial charge < -0.3 is 13.9 Å². The lowest BCUT2D eigenvalue weighted by atomic mass is 10.1. The summed E-state index contributed by atoms with van der Waals surface area (Å²) in [6, 6.07) is 12.1. The SMILES string of the molecule is Cc1cnc(-c2ccccc2)n1C1CN(C(=O)c2ccoc2)C1. The number of carbonyl (C=O) groups is 1. The summed E-state index contributed by atoms with van der Waals surface area (Å²) < 4.78 is 7.22. The van der Waals surface area contributed by atoms with Crippen molar-refractivity contribution in [2.75, 3.05) is 13.1 Å². The van der Waals surface area contributed by atoms with Gasteiger partial charge in [0.05, 0.1) is 17.9 Å². The Morgan fingerprint density at radius 3 is 2.70 bits per heavy atom. The predicted molar refractivity (Wildman–Crippen MR) is 86.0 cm³/mol. The summed E-state index contributed by atoms with van der Waals surface area (Å²) >= 11 is 0. The molecule has 2 aromatic heterocycles. The van der Waals surface area contributed by atoms with Crippen LogP contribution in [0.5, 0.6) is 0 Å². The molecule has 0 bridgehead atoms. The molecule has 5 heteroatoms. The molecule has 3 aromatic rings. The Labute approximate surface area is 134 Å². The van der Waals surface area contributed by atoms with E-state index in [1.807, 2.05) is 29.3 Å². The molecule has 1 aromatic carbocycles. The lowest BCUT2D eigenvalue weighted by Crippen LogP contribution is -2.51. The fraction of sp³-hybridized carbons (Fsp3) is 0.222. The third kappa shape index (κ3) is 2.34. The highest BCUT2D eigenvalue weighted by molar-refractivity contribution is 5.94. The van der Waals surface area contributed by atoms with Crippen LogP contribution in [0.4, 0.5) is 0 Å². The maximum Gasteiger partial charge on any atom is 0.257 e. The van der Waals surface area contributed by atoms with Crippen LogP contribution in [0.2, 0.25) is 0 Å². The van der Waals surface area contributed by atoms with Gasteiger partial charge in [-0.3, -0.25) is 4.79 Å². The molecule has 23 heavy (non-hydrogen) atoms. The number of rotatable bonds is 3. The Bertz CT molecular complexity index is 815.